The largest absolute Gasteiger partial charge is 0.491 e. The van der Waals surface area contributed by atoms with Gasteiger partial charge >= 0.3 is 5.97 Å². The number of amides is 1. The van der Waals surface area contributed by atoms with E-state index in [0.717, 1.165) is 16.5 Å². The number of para-hydroxylation sites is 1. The third-order valence-electron chi connectivity index (χ3n) is 4.89. The van der Waals surface area contributed by atoms with E-state index in [-0.39, 0.29) is 5.92 Å². The van der Waals surface area contributed by atoms with Gasteiger partial charge in [0.2, 0.25) is 0 Å². The minimum absolute atomic E-state index is 0.140. The SMILES string of the molecule is CC(C)C[C@H](NC(=O)c1ccc(N)c(OCCc2c[nH]c3ccccc23)c1)C(=O)O. The number of aromatic nitrogens is 1. The molecule has 30 heavy (non-hydrogen) atoms. The number of carboxylic acid groups (broad SMARTS) is 1. The summed E-state index contributed by atoms with van der Waals surface area (Å²) in [6.07, 6.45) is 2.99. The average molecular weight is 409 g/mol. The topological polar surface area (TPSA) is 117 Å². The summed E-state index contributed by atoms with van der Waals surface area (Å²) in [4.78, 5) is 27.2. The van der Waals surface area contributed by atoms with E-state index in [1.165, 1.54) is 0 Å². The number of nitrogen functional groups attached to an aromatic ring is 1. The molecule has 0 aliphatic carbocycles. The number of carbonyl (C=O) groups excluding carboxylic acids is 1. The second-order valence-corrected chi connectivity index (χ2v) is 7.70. The minimum atomic E-state index is -1.05. The first-order chi connectivity index (χ1) is 14.3. The van der Waals surface area contributed by atoms with Crippen molar-refractivity contribution in [2.24, 2.45) is 5.92 Å². The molecule has 3 rings (SSSR count). The van der Waals surface area contributed by atoms with Crippen LogP contribution in [0.2, 0.25) is 0 Å². The second kappa shape index (κ2) is 9.35. The Hall–Kier alpha value is -3.48. The van der Waals surface area contributed by atoms with Crippen LogP contribution in [-0.2, 0) is 11.2 Å². The van der Waals surface area contributed by atoms with Crippen LogP contribution in [0.25, 0.3) is 10.9 Å². The van der Waals surface area contributed by atoms with Gasteiger partial charge in [-0.15, -0.1) is 0 Å². The van der Waals surface area contributed by atoms with Crippen LogP contribution in [0.3, 0.4) is 0 Å². The lowest BCUT2D eigenvalue weighted by molar-refractivity contribution is -0.139. The smallest absolute Gasteiger partial charge is 0.326 e. The average Bonchev–Trinajstić information content (AvgIpc) is 3.11. The van der Waals surface area contributed by atoms with Gasteiger partial charge in [-0.2, -0.15) is 0 Å². The van der Waals surface area contributed by atoms with Crippen molar-refractivity contribution in [2.75, 3.05) is 12.3 Å². The molecule has 2 aromatic carbocycles. The van der Waals surface area contributed by atoms with Crippen LogP contribution in [0.5, 0.6) is 5.75 Å². The van der Waals surface area contributed by atoms with Crippen molar-refractivity contribution in [3.05, 3.63) is 59.8 Å². The van der Waals surface area contributed by atoms with Gasteiger partial charge in [-0.3, -0.25) is 4.79 Å². The highest BCUT2D eigenvalue weighted by atomic mass is 16.5. The van der Waals surface area contributed by atoms with Crippen molar-refractivity contribution in [3.63, 3.8) is 0 Å². The molecule has 0 fully saturated rings. The van der Waals surface area contributed by atoms with Crippen LogP contribution in [0.15, 0.2) is 48.7 Å². The highest BCUT2D eigenvalue weighted by Crippen LogP contribution is 2.24. The number of aromatic amines is 1. The summed E-state index contributed by atoms with van der Waals surface area (Å²) in [6.45, 7) is 4.21. The van der Waals surface area contributed by atoms with Crippen LogP contribution in [0.4, 0.5) is 5.69 Å². The van der Waals surface area contributed by atoms with Crippen LogP contribution in [-0.4, -0.2) is 34.6 Å². The number of ether oxygens (including phenoxy) is 1. The highest BCUT2D eigenvalue weighted by molar-refractivity contribution is 5.97. The number of hydrogen-bond acceptors (Lipinski definition) is 4. The third-order valence-corrected chi connectivity index (χ3v) is 4.89. The second-order valence-electron chi connectivity index (χ2n) is 7.70. The Bertz CT molecular complexity index is 1040. The number of anilines is 1. The predicted octanol–water partition coefficient (Wildman–Crippen LogP) is 3.60. The Balaban J connectivity index is 1.65. The molecule has 158 valence electrons. The molecule has 5 N–H and O–H groups in total. The molecule has 0 radical (unpaired) electrons. The van der Waals surface area contributed by atoms with Crippen LogP contribution in [0.1, 0.15) is 36.2 Å². The summed E-state index contributed by atoms with van der Waals surface area (Å²) in [7, 11) is 0. The Morgan fingerprint density at radius 1 is 1.20 bits per heavy atom. The highest BCUT2D eigenvalue weighted by Gasteiger charge is 2.22. The lowest BCUT2D eigenvalue weighted by Gasteiger charge is -2.17. The Kier molecular flexibility index (Phi) is 6.61. The van der Waals surface area contributed by atoms with E-state index in [1.54, 1.807) is 18.2 Å². The van der Waals surface area contributed by atoms with Gasteiger partial charge in [0.15, 0.2) is 0 Å². The van der Waals surface area contributed by atoms with E-state index in [0.29, 0.717) is 36.4 Å². The molecule has 0 aliphatic heterocycles. The molecule has 1 amide bonds. The van der Waals surface area contributed by atoms with Crippen LogP contribution < -0.4 is 15.8 Å². The van der Waals surface area contributed by atoms with Gasteiger partial charge in [-0.1, -0.05) is 32.0 Å². The van der Waals surface area contributed by atoms with E-state index in [9.17, 15) is 14.7 Å². The molecule has 7 heteroatoms. The first-order valence-corrected chi connectivity index (χ1v) is 9.96. The molecule has 0 bridgehead atoms. The lowest BCUT2D eigenvalue weighted by atomic mass is 10.0. The Morgan fingerprint density at radius 3 is 2.70 bits per heavy atom. The Morgan fingerprint density at radius 2 is 1.97 bits per heavy atom. The van der Waals surface area contributed by atoms with E-state index < -0.39 is 17.9 Å². The maximum atomic E-state index is 12.5. The minimum Gasteiger partial charge on any atom is -0.491 e. The number of nitrogens with one attached hydrogen (secondary N) is 2. The van der Waals surface area contributed by atoms with E-state index in [1.807, 2.05) is 38.2 Å². The molecule has 7 nitrogen and oxygen atoms in total. The fourth-order valence-corrected chi connectivity index (χ4v) is 3.34. The summed E-state index contributed by atoms with van der Waals surface area (Å²) < 4.78 is 5.83. The van der Waals surface area contributed by atoms with Gasteiger partial charge in [0.05, 0.1) is 12.3 Å². The number of H-pyrrole nitrogens is 1. The van der Waals surface area contributed by atoms with Gasteiger partial charge in [-0.25, -0.2) is 4.79 Å². The first-order valence-electron chi connectivity index (χ1n) is 9.96. The zero-order valence-electron chi connectivity index (χ0n) is 17.1. The number of carbonyl (C=O) groups is 2. The Labute approximate surface area is 175 Å². The van der Waals surface area contributed by atoms with Crippen molar-refractivity contribution in [2.45, 2.75) is 32.7 Å². The van der Waals surface area contributed by atoms with Gasteiger partial charge < -0.3 is 25.9 Å². The number of carboxylic acids is 1. The molecule has 0 aliphatic rings. The molecule has 0 saturated carbocycles. The van der Waals surface area contributed by atoms with Crippen molar-refractivity contribution in [1.82, 2.24) is 10.3 Å². The predicted molar refractivity (Wildman–Crippen MR) is 117 cm³/mol. The summed E-state index contributed by atoms with van der Waals surface area (Å²) >= 11 is 0. The molecule has 1 heterocycles. The maximum absolute atomic E-state index is 12.5. The molecule has 1 atom stereocenters. The molecule has 0 saturated heterocycles. The monoisotopic (exact) mass is 409 g/mol. The van der Waals surface area contributed by atoms with Crippen LogP contribution in [0, 0.1) is 5.92 Å². The standard InChI is InChI=1S/C23H27N3O4/c1-14(2)11-20(23(28)29)26-22(27)15-7-8-18(24)21(12-15)30-10-9-16-13-25-19-6-4-3-5-17(16)19/h3-8,12-14,20,25H,9-11,24H2,1-2H3,(H,26,27)(H,28,29)/t20-/m0/s1. The number of rotatable bonds is 9. The quantitative estimate of drug-likeness (QED) is 0.403. The van der Waals surface area contributed by atoms with Gasteiger partial charge in [-0.05, 0) is 42.2 Å². The number of nitrogens with two attached hydrogens (primary N) is 1. The van der Waals surface area contributed by atoms with E-state index in [2.05, 4.69) is 16.4 Å². The van der Waals surface area contributed by atoms with E-state index in [4.69, 9.17) is 10.5 Å². The van der Waals surface area contributed by atoms with Crippen LogP contribution >= 0.6 is 0 Å². The fraction of sp³-hybridized carbons (Fsp3) is 0.304. The zero-order valence-corrected chi connectivity index (χ0v) is 17.1. The van der Waals surface area contributed by atoms with E-state index >= 15 is 0 Å². The number of fused-ring (bicyclic) bond motifs is 1. The fourth-order valence-electron chi connectivity index (χ4n) is 3.34. The summed E-state index contributed by atoms with van der Waals surface area (Å²) in [5, 5.41) is 13.1. The van der Waals surface area contributed by atoms with Gasteiger partial charge in [0, 0.05) is 29.1 Å². The molecule has 0 unspecified atom stereocenters. The third kappa shape index (κ3) is 5.11. The maximum Gasteiger partial charge on any atom is 0.326 e. The molecule has 3 aromatic rings. The number of aliphatic carboxylic acids is 1. The number of hydrogen-bond donors (Lipinski definition) is 4. The van der Waals surface area contributed by atoms with Crippen molar-refractivity contribution in [3.8, 4) is 5.75 Å². The zero-order chi connectivity index (χ0) is 21.7. The summed E-state index contributed by atoms with van der Waals surface area (Å²) in [6, 6.07) is 11.8. The van der Waals surface area contributed by atoms with Crippen molar-refractivity contribution >= 4 is 28.5 Å². The summed E-state index contributed by atoms with van der Waals surface area (Å²) in [5.41, 5.74) is 8.93. The van der Waals surface area contributed by atoms with Crippen molar-refractivity contribution < 1.29 is 19.4 Å². The molecule has 1 aromatic heterocycles. The first kappa shape index (κ1) is 21.2. The number of benzene rings is 2. The van der Waals surface area contributed by atoms with Gasteiger partial charge in [0.25, 0.3) is 5.91 Å². The normalized spacial score (nSPS) is 12.1. The summed E-state index contributed by atoms with van der Waals surface area (Å²) in [5.74, 6) is -0.980. The molecular formula is C23H27N3O4. The molecular weight excluding hydrogens is 382 g/mol. The lowest BCUT2D eigenvalue weighted by Crippen LogP contribution is -2.41. The van der Waals surface area contributed by atoms with Gasteiger partial charge in [0.1, 0.15) is 11.8 Å². The molecule has 0 spiro atoms. The van der Waals surface area contributed by atoms with Crippen molar-refractivity contribution in [1.29, 1.82) is 0 Å².